The molecule has 0 aliphatic carbocycles. The minimum atomic E-state index is -1.33. The fourth-order valence-electron chi connectivity index (χ4n) is 2.74. The van der Waals surface area contributed by atoms with Crippen molar-refractivity contribution in [2.75, 3.05) is 6.54 Å². The molecule has 1 aromatic rings. The Hall–Kier alpha value is -2.04. The SMILES string of the molecule is CC(C)(C)OC(=O)N1CCCC1(C(=O)O)c1ccccc1. The first-order valence-corrected chi connectivity index (χ1v) is 7.07. The van der Waals surface area contributed by atoms with Gasteiger partial charge >= 0.3 is 12.1 Å². The maximum atomic E-state index is 12.4. The Bertz CT molecular complexity index is 535. The Kier molecular flexibility index (Phi) is 3.94. The fraction of sp³-hybridized carbons (Fsp3) is 0.500. The van der Waals surface area contributed by atoms with Gasteiger partial charge in [0.05, 0.1) is 0 Å². The van der Waals surface area contributed by atoms with Gasteiger partial charge in [-0.1, -0.05) is 30.3 Å². The predicted octanol–water partition coefficient (Wildman–Crippen LogP) is 3.00. The van der Waals surface area contributed by atoms with Crippen molar-refractivity contribution >= 4 is 12.1 Å². The van der Waals surface area contributed by atoms with E-state index in [4.69, 9.17) is 4.74 Å². The molecule has 0 aromatic heterocycles. The second kappa shape index (κ2) is 5.39. The van der Waals surface area contributed by atoms with E-state index >= 15 is 0 Å². The van der Waals surface area contributed by atoms with Crippen molar-refractivity contribution < 1.29 is 19.4 Å². The number of carboxylic acid groups (broad SMARTS) is 1. The van der Waals surface area contributed by atoms with Gasteiger partial charge in [-0.05, 0) is 39.2 Å². The number of carbonyl (C=O) groups is 2. The van der Waals surface area contributed by atoms with E-state index in [0.29, 0.717) is 24.9 Å². The van der Waals surface area contributed by atoms with Crippen LogP contribution in [0.15, 0.2) is 30.3 Å². The van der Waals surface area contributed by atoms with Gasteiger partial charge in [0.25, 0.3) is 0 Å². The predicted molar refractivity (Wildman–Crippen MR) is 77.9 cm³/mol. The number of rotatable bonds is 2. The summed E-state index contributed by atoms with van der Waals surface area (Å²) in [5, 5.41) is 9.79. The van der Waals surface area contributed by atoms with Gasteiger partial charge in [-0.2, -0.15) is 0 Å². The zero-order valence-electron chi connectivity index (χ0n) is 12.6. The van der Waals surface area contributed by atoms with Crippen LogP contribution in [0.1, 0.15) is 39.2 Å². The van der Waals surface area contributed by atoms with Crippen LogP contribution >= 0.6 is 0 Å². The van der Waals surface area contributed by atoms with Gasteiger partial charge in [-0.15, -0.1) is 0 Å². The molecule has 21 heavy (non-hydrogen) atoms. The monoisotopic (exact) mass is 291 g/mol. The molecule has 1 aromatic carbocycles. The topological polar surface area (TPSA) is 66.8 Å². The van der Waals surface area contributed by atoms with Crippen LogP contribution in [0.25, 0.3) is 0 Å². The third-order valence-corrected chi connectivity index (χ3v) is 3.60. The van der Waals surface area contributed by atoms with Crippen LogP contribution in [0.4, 0.5) is 4.79 Å². The van der Waals surface area contributed by atoms with Crippen molar-refractivity contribution in [3.8, 4) is 0 Å². The molecule has 0 saturated carbocycles. The van der Waals surface area contributed by atoms with Crippen LogP contribution in [-0.4, -0.2) is 34.2 Å². The molecule has 1 atom stereocenters. The molecule has 0 bridgehead atoms. The molecule has 0 radical (unpaired) electrons. The van der Waals surface area contributed by atoms with Crippen molar-refractivity contribution in [3.63, 3.8) is 0 Å². The summed E-state index contributed by atoms with van der Waals surface area (Å²) in [4.78, 5) is 25.7. The Morgan fingerprint density at radius 3 is 2.38 bits per heavy atom. The largest absolute Gasteiger partial charge is 0.479 e. The van der Waals surface area contributed by atoms with Gasteiger partial charge in [0.15, 0.2) is 5.54 Å². The molecule has 5 nitrogen and oxygen atoms in total. The van der Waals surface area contributed by atoms with Gasteiger partial charge in [0.2, 0.25) is 0 Å². The number of likely N-dealkylation sites (tertiary alicyclic amines) is 1. The first kappa shape index (κ1) is 15.4. The molecule has 5 heteroatoms. The molecule has 1 aliphatic rings. The summed E-state index contributed by atoms with van der Waals surface area (Å²) in [7, 11) is 0. The van der Waals surface area contributed by atoms with Gasteiger partial charge in [-0.3, -0.25) is 4.90 Å². The summed E-state index contributed by atoms with van der Waals surface area (Å²) >= 11 is 0. The van der Waals surface area contributed by atoms with Crippen LogP contribution in [0, 0.1) is 0 Å². The lowest BCUT2D eigenvalue weighted by Gasteiger charge is -2.36. The van der Waals surface area contributed by atoms with Crippen LogP contribution in [0.3, 0.4) is 0 Å². The fourth-order valence-corrected chi connectivity index (χ4v) is 2.74. The zero-order valence-corrected chi connectivity index (χ0v) is 12.6. The summed E-state index contributed by atoms with van der Waals surface area (Å²) in [6.07, 6.45) is 0.456. The molecular weight excluding hydrogens is 270 g/mol. The highest BCUT2D eigenvalue weighted by Crippen LogP contribution is 2.40. The van der Waals surface area contributed by atoms with E-state index in [1.807, 2.05) is 6.07 Å². The average molecular weight is 291 g/mol. The van der Waals surface area contributed by atoms with Crippen molar-refractivity contribution in [1.29, 1.82) is 0 Å². The number of nitrogens with zero attached hydrogens (tertiary/aromatic N) is 1. The molecule has 114 valence electrons. The average Bonchev–Trinajstić information content (AvgIpc) is 2.83. The summed E-state index contributed by atoms with van der Waals surface area (Å²) in [6, 6.07) is 8.89. The Morgan fingerprint density at radius 2 is 1.86 bits per heavy atom. The van der Waals surface area contributed by atoms with Gasteiger partial charge in [0, 0.05) is 6.54 Å². The number of hydrogen-bond donors (Lipinski definition) is 1. The number of hydrogen-bond acceptors (Lipinski definition) is 3. The summed E-state index contributed by atoms with van der Waals surface area (Å²) < 4.78 is 5.37. The second-order valence-corrected chi connectivity index (χ2v) is 6.27. The first-order chi connectivity index (χ1) is 9.77. The highest BCUT2D eigenvalue weighted by Gasteiger charge is 2.52. The minimum Gasteiger partial charge on any atom is -0.479 e. The molecule has 1 aliphatic heterocycles. The highest BCUT2D eigenvalue weighted by molar-refractivity contribution is 5.86. The van der Waals surface area contributed by atoms with E-state index in [1.165, 1.54) is 4.90 Å². The van der Waals surface area contributed by atoms with E-state index in [1.54, 1.807) is 45.0 Å². The maximum absolute atomic E-state index is 12.4. The third kappa shape index (κ3) is 2.86. The maximum Gasteiger partial charge on any atom is 0.411 e. The van der Waals surface area contributed by atoms with E-state index < -0.39 is 23.2 Å². The highest BCUT2D eigenvalue weighted by atomic mass is 16.6. The Labute approximate surface area is 124 Å². The molecule has 1 heterocycles. The number of benzene rings is 1. The second-order valence-electron chi connectivity index (χ2n) is 6.27. The summed E-state index contributed by atoms with van der Waals surface area (Å²) in [6.45, 7) is 5.69. The van der Waals surface area contributed by atoms with E-state index in [-0.39, 0.29) is 0 Å². The zero-order chi connectivity index (χ0) is 15.7. The lowest BCUT2D eigenvalue weighted by atomic mass is 9.87. The lowest BCUT2D eigenvalue weighted by molar-refractivity contribution is -0.150. The normalized spacial score (nSPS) is 22.1. The van der Waals surface area contributed by atoms with Crippen LogP contribution in [0.2, 0.25) is 0 Å². The molecule has 1 unspecified atom stereocenters. The molecule has 1 N–H and O–H groups in total. The molecule has 2 rings (SSSR count). The third-order valence-electron chi connectivity index (χ3n) is 3.60. The quantitative estimate of drug-likeness (QED) is 0.909. The van der Waals surface area contributed by atoms with Gasteiger partial charge < -0.3 is 9.84 Å². The lowest BCUT2D eigenvalue weighted by Crippen LogP contribution is -2.51. The molecule has 1 amide bonds. The Balaban J connectivity index is 2.41. The first-order valence-electron chi connectivity index (χ1n) is 7.07. The molecule has 0 spiro atoms. The van der Waals surface area contributed by atoms with E-state index in [9.17, 15) is 14.7 Å². The Morgan fingerprint density at radius 1 is 1.24 bits per heavy atom. The standard InChI is InChI=1S/C16H21NO4/c1-15(2,3)21-14(20)17-11-7-10-16(17,13(18)19)12-8-5-4-6-9-12/h4-6,8-9H,7,10-11H2,1-3H3,(H,18,19). The van der Waals surface area contributed by atoms with Crippen LogP contribution in [0.5, 0.6) is 0 Å². The van der Waals surface area contributed by atoms with Crippen molar-refractivity contribution in [2.45, 2.75) is 44.8 Å². The van der Waals surface area contributed by atoms with E-state index in [0.717, 1.165) is 0 Å². The van der Waals surface area contributed by atoms with Crippen molar-refractivity contribution in [2.24, 2.45) is 0 Å². The van der Waals surface area contributed by atoms with Crippen molar-refractivity contribution in [1.82, 2.24) is 4.90 Å². The number of amides is 1. The van der Waals surface area contributed by atoms with E-state index in [2.05, 4.69) is 0 Å². The van der Waals surface area contributed by atoms with Gasteiger partial charge in [0.1, 0.15) is 5.60 Å². The number of aliphatic carboxylic acids is 1. The molecule has 1 saturated heterocycles. The van der Waals surface area contributed by atoms with Crippen molar-refractivity contribution in [3.05, 3.63) is 35.9 Å². The van der Waals surface area contributed by atoms with Crippen LogP contribution in [-0.2, 0) is 15.1 Å². The minimum absolute atomic E-state index is 0.385. The molecule has 1 fully saturated rings. The van der Waals surface area contributed by atoms with Gasteiger partial charge in [-0.25, -0.2) is 9.59 Å². The molecular formula is C16H21NO4. The smallest absolute Gasteiger partial charge is 0.411 e. The van der Waals surface area contributed by atoms with Crippen LogP contribution < -0.4 is 0 Å². The summed E-state index contributed by atoms with van der Waals surface area (Å²) in [5.74, 6) is -1.02. The number of carboxylic acids is 1. The number of carbonyl (C=O) groups excluding carboxylic acids is 1. The number of ether oxygens (including phenoxy) is 1. The summed E-state index contributed by atoms with van der Waals surface area (Å²) in [5.41, 5.74) is -1.37.